The zero-order chi connectivity index (χ0) is 21.1. The molecule has 2 aliphatic rings. The quantitative estimate of drug-likeness (QED) is 0.681. The lowest BCUT2D eigenvalue weighted by molar-refractivity contribution is 0.119. The van der Waals surface area contributed by atoms with Crippen molar-refractivity contribution in [3.05, 3.63) is 76.6 Å². The summed E-state index contributed by atoms with van der Waals surface area (Å²) in [6.45, 7) is 3.38. The van der Waals surface area contributed by atoms with Crippen LogP contribution in [0, 0.1) is 5.82 Å². The van der Waals surface area contributed by atoms with Gasteiger partial charge >= 0.3 is 0 Å². The Hall–Kier alpha value is -2.02. The molecule has 2 heterocycles. The smallest absolute Gasteiger partial charge is 0.221 e. The van der Waals surface area contributed by atoms with Crippen LogP contribution in [0.3, 0.4) is 0 Å². The van der Waals surface area contributed by atoms with E-state index >= 15 is 0 Å². The van der Waals surface area contributed by atoms with Crippen molar-refractivity contribution in [3.8, 4) is 0 Å². The van der Waals surface area contributed by atoms with Crippen molar-refractivity contribution in [2.75, 3.05) is 13.2 Å². The van der Waals surface area contributed by atoms with Crippen LogP contribution in [0.4, 0.5) is 4.39 Å². The molecular formula is C24H28FNO3S. The summed E-state index contributed by atoms with van der Waals surface area (Å²) in [6.07, 6.45) is 5.10. The molecule has 0 saturated carbocycles. The molecule has 0 amide bonds. The number of hydrogen-bond donors (Lipinski definition) is 0. The second kappa shape index (κ2) is 9.00. The first-order valence-electron chi connectivity index (χ1n) is 10.6. The maximum absolute atomic E-state index is 14.9. The van der Waals surface area contributed by atoms with Gasteiger partial charge in [0.2, 0.25) is 10.0 Å². The zero-order valence-electron chi connectivity index (χ0n) is 17.3. The number of sulfonamides is 1. The van der Waals surface area contributed by atoms with Crippen LogP contribution in [0.1, 0.15) is 54.5 Å². The van der Waals surface area contributed by atoms with Gasteiger partial charge in [-0.2, -0.15) is 4.31 Å². The van der Waals surface area contributed by atoms with E-state index in [9.17, 15) is 12.8 Å². The van der Waals surface area contributed by atoms with Crippen molar-refractivity contribution in [2.45, 2.75) is 50.4 Å². The summed E-state index contributed by atoms with van der Waals surface area (Å²) in [5.41, 5.74) is 3.28. The molecule has 4 nitrogen and oxygen atoms in total. The van der Waals surface area contributed by atoms with Gasteiger partial charge in [-0.1, -0.05) is 54.1 Å². The van der Waals surface area contributed by atoms with Gasteiger partial charge in [0.25, 0.3) is 0 Å². The van der Waals surface area contributed by atoms with Gasteiger partial charge in [0.05, 0.1) is 13.2 Å². The number of benzene rings is 2. The van der Waals surface area contributed by atoms with Gasteiger partial charge in [0.15, 0.2) is 0 Å². The largest absolute Gasteiger partial charge is 0.381 e. The van der Waals surface area contributed by atoms with Crippen LogP contribution in [0.2, 0.25) is 0 Å². The van der Waals surface area contributed by atoms with Gasteiger partial charge < -0.3 is 4.74 Å². The molecule has 0 unspecified atom stereocenters. The van der Waals surface area contributed by atoms with Gasteiger partial charge in [-0.15, -0.1) is 0 Å². The Balaban J connectivity index is 1.56. The highest BCUT2D eigenvalue weighted by Crippen LogP contribution is 2.38. The molecule has 0 radical (unpaired) electrons. The van der Waals surface area contributed by atoms with Gasteiger partial charge in [-0.25, -0.2) is 12.8 Å². The fourth-order valence-corrected chi connectivity index (χ4v) is 6.50. The predicted molar refractivity (Wildman–Crippen MR) is 117 cm³/mol. The van der Waals surface area contributed by atoms with Gasteiger partial charge in [0.1, 0.15) is 11.1 Å². The third kappa shape index (κ3) is 4.51. The van der Waals surface area contributed by atoms with Crippen molar-refractivity contribution < 1.29 is 17.5 Å². The van der Waals surface area contributed by atoms with Gasteiger partial charge in [-0.3, -0.25) is 0 Å². The monoisotopic (exact) mass is 429 g/mol. The van der Waals surface area contributed by atoms with Crippen molar-refractivity contribution in [3.63, 3.8) is 0 Å². The molecule has 30 heavy (non-hydrogen) atoms. The van der Waals surface area contributed by atoms with E-state index < -0.39 is 15.3 Å². The highest BCUT2D eigenvalue weighted by molar-refractivity contribution is 7.89. The predicted octanol–water partition coefficient (Wildman–Crippen LogP) is 5.07. The van der Waals surface area contributed by atoms with E-state index in [-0.39, 0.29) is 18.4 Å². The molecule has 6 heteroatoms. The molecule has 0 bridgehead atoms. The lowest BCUT2D eigenvalue weighted by atomic mass is 10.0. The lowest BCUT2D eigenvalue weighted by Crippen LogP contribution is -2.44. The normalized spacial score (nSPS) is 24.5. The summed E-state index contributed by atoms with van der Waals surface area (Å²) in [6, 6.07) is 14.3. The molecule has 2 aliphatic heterocycles. The Morgan fingerprint density at radius 2 is 1.83 bits per heavy atom. The fourth-order valence-electron chi connectivity index (χ4n) is 4.31. The van der Waals surface area contributed by atoms with E-state index in [1.807, 2.05) is 49.4 Å². The average Bonchev–Trinajstić information content (AvgIpc) is 2.73. The molecule has 4 rings (SSSR count). The molecular weight excluding hydrogens is 401 g/mol. The van der Waals surface area contributed by atoms with Gasteiger partial charge in [0, 0.05) is 18.2 Å². The summed E-state index contributed by atoms with van der Waals surface area (Å²) in [5, 5.41) is -0.574. The second-order valence-corrected chi connectivity index (χ2v) is 10.2. The van der Waals surface area contributed by atoms with Crippen molar-refractivity contribution in [1.29, 1.82) is 0 Å². The molecule has 2 atom stereocenters. The second-order valence-electron chi connectivity index (χ2n) is 8.18. The van der Waals surface area contributed by atoms with Crippen LogP contribution in [0.25, 0.3) is 6.08 Å². The lowest BCUT2D eigenvalue weighted by Gasteiger charge is -2.37. The molecule has 2 fully saturated rings. The molecule has 0 N–H and O–H groups in total. The van der Waals surface area contributed by atoms with Crippen LogP contribution >= 0.6 is 0 Å². The highest BCUT2D eigenvalue weighted by atomic mass is 32.2. The SMILES string of the molecule is C[C@H]1CC[C@H](c2ccccc2)S(=O)(=O)N1Cc1ccc(C=C2CCOCC2)cc1F. The number of nitrogens with zero attached hydrogens (tertiary/aromatic N) is 1. The Morgan fingerprint density at radius 1 is 1.10 bits per heavy atom. The summed E-state index contributed by atoms with van der Waals surface area (Å²) in [4.78, 5) is 0. The first-order chi connectivity index (χ1) is 14.4. The number of ether oxygens (including phenoxy) is 1. The molecule has 160 valence electrons. The molecule has 0 aliphatic carbocycles. The Bertz CT molecular complexity index is 1010. The Labute approximate surface area is 178 Å². The van der Waals surface area contributed by atoms with Crippen LogP contribution in [0.5, 0.6) is 0 Å². The minimum atomic E-state index is -3.57. The van der Waals surface area contributed by atoms with Crippen LogP contribution in [-0.2, 0) is 21.3 Å². The maximum Gasteiger partial charge on any atom is 0.221 e. The Kier molecular flexibility index (Phi) is 6.37. The van der Waals surface area contributed by atoms with E-state index in [2.05, 4.69) is 0 Å². The number of hydrogen-bond acceptors (Lipinski definition) is 3. The van der Waals surface area contributed by atoms with Crippen molar-refractivity contribution in [2.24, 2.45) is 0 Å². The Morgan fingerprint density at radius 3 is 2.53 bits per heavy atom. The van der Waals surface area contributed by atoms with E-state index in [1.165, 1.54) is 15.9 Å². The van der Waals surface area contributed by atoms with E-state index in [0.717, 1.165) is 30.4 Å². The average molecular weight is 430 g/mol. The molecule has 2 saturated heterocycles. The van der Waals surface area contributed by atoms with E-state index in [4.69, 9.17) is 4.74 Å². The highest BCUT2D eigenvalue weighted by Gasteiger charge is 2.40. The number of rotatable bonds is 4. The van der Waals surface area contributed by atoms with E-state index in [1.54, 1.807) is 6.07 Å². The third-order valence-corrected chi connectivity index (χ3v) is 8.47. The zero-order valence-corrected chi connectivity index (χ0v) is 18.1. The topological polar surface area (TPSA) is 46.6 Å². The van der Waals surface area contributed by atoms with Crippen LogP contribution < -0.4 is 0 Å². The summed E-state index contributed by atoms with van der Waals surface area (Å²) < 4.78 is 48.4. The molecule has 2 aromatic rings. The summed E-state index contributed by atoms with van der Waals surface area (Å²) in [7, 11) is -3.57. The standard InChI is InChI=1S/C24H28FNO3S/c1-18-7-10-24(21-5-3-2-4-6-21)30(27,28)26(18)17-22-9-8-20(16-23(22)25)15-19-11-13-29-14-12-19/h2-6,8-9,15-16,18,24H,7,10-14,17H2,1H3/t18-,24+/m0/s1. The summed E-state index contributed by atoms with van der Waals surface area (Å²) in [5.74, 6) is -0.361. The first-order valence-corrected chi connectivity index (χ1v) is 12.1. The minimum Gasteiger partial charge on any atom is -0.381 e. The van der Waals surface area contributed by atoms with Crippen LogP contribution in [-0.4, -0.2) is 32.0 Å². The van der Waals surface area contributed by atoms with Crippen LogP contribution in [0.15, 0.2) is 54.1 Å². The summed E-state index contributed by atoms with van der Waals surface area (Å²) >= 11 is 0. The number of halogens is 1. The van der Waals surface area contributed by atoms with Gasteiger partial charge in [-0.05, 0) is 49.8 Å². The van der Waals surface area contributed by atoms with E-state index in [0.29, 0.717) is 25.2 Å². The minimum absolute atomic E-state index is 0.0589. The van der Waals surface area contributed by atoms with Crippen molar-refractivity contribution in [1.82, 2.24) is 4.31 Å². The fraction of sp³-hybridized carbons (Fsp3) is 0.417. The molecule has 0 spiro atoms. The first kappa shape index (κ1) is 21.2. The molecule has 2 aromatic carbocycles. The molecule has 0 aromatic heterocycles. The van der Waals surface area contributed by atoms with Crippen molar-refractivity contribution >= 4 is 16.1 Å². The third-order valence-electron chi connectivity index (χ3n) is 6.11. The maximum atomic E-state index is 14.9.